The number of rotatable bonds is 56. The van der Waals surface area contributed by atoms with Crippen molar-refractivity contribution >= 4 is 5.97 Å². The van der Waals surface area contributed by atoms with E-state index in [0.29, 0.717) is 13.0 Å². The number of hydrogen-bond donors (Lipinski definition) is 7. The smallest absolute Gasteiger partial charge is 0.306 e. The molecule has 14 heteroatoms. The number of aliphatic hydroxyl groups excluding tert-OH is 7. The summed E-state index contributed by atoms with van der Waals surface area (Å²) in [5, 5.41) is 72.6. The van der Waals surface area contributed by atoms with Crippen molar-refractivity contribution in [3.8, 4) is 0 Å². The SMILES string of the molecule is CCCCCCC/C=C\C/C=C\C/C=C\CCCCCCCCCCCCCOCC(COC1OC(COC2OC(CO)C(O)C(O)C2O)C(O)C(O)C1O)OC(=O)CCCCCCCCCCCCC/C=C\C/C=C\CCCCCCC. The number of hydrogen-bond acceptors (Lipinski definition) is 14. The fourth-order valence-corrected chi connectivity index (χ4v) is 10.6. The summed E-state index contributed by atoms with van der Waals surface area (Å²) >= 11 is 0. The predicted molar refractivity (Wildman–Crippen MR) is 335 cm³/mol. The molecule has 2 rings (SSSR count). The van der Waals surface area contributed by atoms with Gasteiger partial charge in [-0.1, -0.05) is 242 Å². The van der Waals surface area contributed by atoms with Crippen LogP contribution in [0.15, 0.2) is 60.8 Å². The molecule has 0 aromatic heterocycles. The topological polar surface area (TPSA) is 214 Å². The fourth-order valence-electron chi connectivity index (χ4n) is 10.6. The lowest BCUT2D eigenvalue weighted by Gasteiger charge is -2.42. The van der Waals surface area contributed by atoms with Crippen molar-refractivity contribution < 1.29 is 69.0 Å². The summed E-state index contributed by atoms with van der Waals surface area (Å²) < 4.78 is 34.5. The van der Waals surface area contributed by atoms with Gasteiger partial charge in [0, 0.05) is 13.0 Å². The van der Waals surface area contributed by atoms with Crippen LogP contribution in [0.2, 0.25) is 0 Å². The summed E-state index contributed by atoms with van der Waals surface area (Å²) in [6, 6.07) is 0. The number of aliphatic hydroxyl groups is 7. The van der Waals surface area contributed by atoms with Crippen molar-refractivity contribution in [3.05, 3.63) is 60.8 Å². The van der Waals surface area contributed by atoms with Crippen LogP contribution in [0.1, 0.15) is 271 Å². The van der Waals surface area contributed by atoms with E-state index in [-0.39, 0.29) is 25.6 Å². The lowest BCUT2D eigenvalue weighted by atomic mass is 9.98. The lowest BCUT2D eigenvalue weighted by Crippen LogP contribution is -2.61. The van der Waals surface area contributed by atoms with Crippen molar-refractivity contribution in [1.29, 1.82) is 0 Å². The first-order valence-electron chi connectivity index (χ1n) is 33.9. The Bertz CT molecular complexity index is 1600. The molecule has 0 aliphatic carbocycles. The molecule has 11 unspecified atom stereocenters. The third-order valence-electron chi connectivity index (χ3n) is 16.0. The van der Waals surface area contributed by atoms with E-state index in [4.69, 9.17) is 28.4 Å². The largest absolute Gasteiger partial charge is 0.457 e. The maximum atomic E-state index is 13.1. The molecule has 2 fully saturated rings. The lowest BCUT2D eigenvalue weighted by molar-refractivity contribution is -0.332. The Labute approximate surface area is 504 Å². The van der Waals surface area contributed by atoms with E-state index in [9.17, 15) is 40.5 Å². The molecule has 2 aliphatic heterocycles. The molecule has 14 nitrogen and oxygen atoms in total. The molecule has 2 heterocycles. The van der Waals surface area contributed by atoms with Crippen LogP contribution in [0.25, 0.3) is 0 Å². The molecule has 0 spiro atoms. The number of unbranched alkanes of at least 4 members (excludes halogenated alkanes) is 32. The first-order chi connectivity index (χ1) is 40.6. The minimum atomic E-state index is -1.71. The monoisotopic (exact) mass is 1180 g/mol. The molecule has 2 saturated heterocycles. The molecular weight excluding hydrogens is 1050 g/mol. The normalized spacial score (nSPS) is 23.8. The van der Waals surface area contributed by atoms with Crippen molar-refractivity contribution in [3.63, 3.8) is 0 Å². The maximum absolute atomic E-state index is 13.1. The van der Waals surface area contributed by atoms with Gasteiger partial charge in [0.1, 0.15) is 54.9 Å². The van der Waals surface area contributed by atoms with Gasteiger partial charge in [-0.25, -0.2) is 0 Å². The second-order valence-corrected chi connectivity index (χ2v) is 23.6. The van der Waals surface area contributed by atoms with Crippen molar-refractivity contribution in [2.75, 3.05) is 33.0 Å². The third-order valence-corrected chi connectivity index (χ3v) is 16.0. The van der Waals surface area contributed by atoms with E-state index in [2.05, 4.69) is 74.6 Å². The molecule has 0 bridgehead atoms. The van der Waals surface area contributed by atoms with Crippen LogP contribution in [0.5, 0.6) is 0 Å². The molecule has 0 amide bonds. The van der Waals surface area contributed by atoms with Crippen LogP contribution in [0.3, 0.4) is 0 Å². The standard InChI is InChI=1S/C69H124O14/c1-3-5-7-9-11-13-15-17-19-21-23-25-27-28-29-31-33-35-37-39-41-43-45-47-49-51-53-78-55-58(56-79-68-67(77)65(75)63(73)60(83-68)57-80-69-66(76)64(74)62(72)59(54-70)82-69)81-61(71)52-50-48-46-44-42-40-38-36-34-32-30-26-24-22-20-18-16-14-12-10-8-6-4-2/h15-18,21-24,27-28,58-60,62-70,72-77H,3-14,19-20,25-26,29-57H2,1-2H3/b17-15-,18-16-,23-21-,24-22-,28-27-. The summed E-state index contributed by atoms with van der Waals surface area (Å²) in [6.45, 7) is 3.70. The minimum Gasteiger partial charge on any atom is -0.457 e. The fraction of sp³-hybridized carbons (Fsp3) is 0.841. The van der Waals surface area contributed by atoms with Crippen LogP contribution in [-0.4, -0.2) is 142 Å². The number of ether oxygens (including phenoxy) is 6. The number of carbonyl (C=O) groups is 1. The quantitative estimate of drug-likeness (QED) is 0.0171. The maximum Gasteiger partial charge on any atom is 0.306 e. The highest BCUT2D eigenvalue weighted by atomic mass is 16.7. The van der Waals surface area contributed by atoms with E-state index in [0.717, 1.165) is 57.8 Å². The Kier molecular flexibility index (Phi) is 50.9. The molecule has 7 N–H and O–H groups in total. The first-order valence-corrected chi connectivity index (χ1v) is 33.9. The Morgan fingerprint density at radius 2 is 0.747 bits per heavy atom. The predicted octanol–water partition coefficient (Wildman–Crippen LogP) is 14.0. The van der Waals surface area contributed by atoms with Gasteiger partial charge in [-0.15, -0.1) is 0 Å². The molecule has 0 aromatic rings. The van der Waals surface area contributed by atoms with Gasteiger partial charge in [0.25, 0.3) is 0 Å². The van der Waals surface area contributed by atoms with Crippen LogP contribution in [-0.2, 0) is 33.2 Å². The van der Waals surface area contributed by atoms with Gasteiger partial charge >= 0.3 is 5.97 Å². The summed E-state index contributed by atoms with van der Waals surface area (Å²) in [5.41, 5.74) is 0. The Balaban J connectivity index is 1.66. The van der Waals surface area contributed by atoms with Crippen molar-refractivity contribution in [2.45, 2.75) is 338 Å². The van der Waals surface area contributed by atoms with E-state index >= 15 is 0 Å². The van der Waals surface area contributed by atoms with E-state index in [1.807, 2.05) is 0 Å². The summed E-state index contributed by atoms with van der Waals surface area (Å²) in [4.78, 5) is 13.1. The molecule has 0 saturated carbocycles. The highest BCUT2D eigenvalue weighted by Crippen LogP contribution is 2.27. The number of carbonyl (C=O) groups excluding carboxylic acids is 1. The van der Waals surface area contributed by atoms with E-state index in [1.54, 1.807) is 0 Å². The van der Waals surface area contributed by atoms with E-state index < -0.39 is 80.7 Å². The number of allylic oxidation sites excluding steroid dienone is 10. The zero-order chi connectivity index (χ0) is 60.1. The van der Waals surface area contributed by atoms with Gasteiger partial charge in [-0.2, -0.15) is 0 Å². The Morgan fingerprint density at radius 1 is 0.398 bits per heavy atom. The third kappa shape index (κ3) is 40.7. The van der Waals surface area contributed by atoms with E-state index in [1.165, 1.54) is 186 Å². The Morgan fingerprint density at radius 3 is 1.17 bits per heavy atom. The highest BCUT2D eigenvalue weighted by molar-refractivity contribution is 5.69. The van der Waals surface area contributed by atoms with Gasteiger partial charge in [0.2, 0.25) is 0 Å². The van der Waals surface area contributed by atoms with Crippen molar-refractivity contribution in [1.82, 2.24) is 0 Å². The minimum absolute atomic E-state index is 0.0583. The van der Waals surface area contributed by atoms with Crippen molar-refractivity contribution in [2.24, 2.45) is 0 Å². The van der Waals surface area contributed by atoms with Gasteiger partial charge in [0.05, 0.1) is 26.4 Å². The first kappa shape index (κ1) is 76.8. The van der Waals surface area contributed by atoms with Crippen LogP contribution < -0.4 is 0 Å². The van der Waals surface area contributed by atoms with Crippen LogP contribution >= 0.6 is 0 Å². The van der Waals surface area contributed by atoms with Gasteiger partial charge < -0.3 is 64.2 Å². The second kappa shape index (κ2) is 55.0. The molecule has 11 atom stereocenters. The summed E-state index contributed by atoms with van der Waals surface area (Å²) in [7, 11) is 0. The molecule has 0 radical (unpaired) electrons. The Hall–Kier alpha value is -2.31. The number of esters is 1. The molecule has 484 valence electrons. The average molecular weight is 1180 g/mol. The summed E-state index contributed by atoms with van der Waals surface area (Å²) in [6.07, 6.45) is 54.3. The van der Waals surface area contributed by atoms with Gasteiger partial charge in [-0.05, 0) is 83.5 Å². The van der Waals surface area contributed by atoms with Gasteiger partial charge in [0.15, 0.2) is 12.6 Å². The molecule has 83 heavy (non-hydrogen) atoms. The molecule has 0 aromatic carbocycles. The second-order valence-electron chi connectivity index (χ2n) is 23.6. The molecule has 2 aliphatic rings. The van der Waals surface area contributed by atoms with Crippen LogP contribution in [0, 0.1) is 0 Å². The zero-order valence-corrected chi connectivity index (χ0v) is 52.4. The molecular formula is C69H124O14. The summed E-state index contributed by atoms with van der Waals surface area (Å²) in [5.74, 6) is -0.377. The van der Waals surface area contributed by atoms with Crippen LogP contribution in [0.4, 0.5) is 0 Å². The van der Waals surface area contributed by atoms with Gasteiger partial charge in [-0.3, -0.25) is 4.79 Å². The average Bonchev–Trinajstić information content (AvgIpc) is 3.69. The zero-order valence-electron chi connectivity index (χ0n) is 52.4. The highest BCUT2D eigenvalue weighted by Gasteiger charge is 2.47.